The first kappa shape index (κ1) is 17.0. The maximum absolute atomic E-state index is 12.6. The topological polar surface area (TPSA) is 40.6 Å². The lowest BCUT2D eigenvalue weighted by Crippen LogP contribution is -2.54. The minimum atomic E-state index is 0.0476. The Kier molecular flexibility index (Phi) is 5.22. The molecule has 0 spiro atoms. The first-order valence-electron chi connectivity index (χ1n) is 9.16. The molecule has 2 heterocycles. The number of carbonyl (C=O) groups is 2. The van der Waals surface area contributed by atoms with Crippen LogP contribution in [0.3, 0.4) is 0 Å². The minimum absolute atomic E-state index is 0.0476. The van der Waals surface area contributed by atoms with Crippen LogP contribution < -0.4 is 0 Å². The van der Waals surface area contributed by atoms with Gasteiger partial charge < -0.3 is 9.80 Å². The Morgan fingerprint density at radius 3 is 2.25 bits per heavy atom. The van der Waals surface area contributed by atoms with Crippen molar-refractivity contribution in [3.8, 4) is 0 Å². The van der Waals surface area contributed by atoms with Gasteiger partial charge in [0.2, 0.25) is 11.8 Å². The summed E-state index contributed by atoms with van der Waals surface area (Å²) in [6.45, 7) is 7.11. The van der Waals surface area contributed by atoms with E-state index in [1.165, 1.54) is 5.56 Å². The number of hydrogen-bond donors (Lipinski definition) is 0. The molecule has 0 unspecified atom stereocenters. The maximum Gasteiger partial charge on any atom is 0.225 e. The molecule has 0 saturated carbocycles. The summed E-state index contributed by atoms with van der Waals surface area (Å²) < 4.78 is 0. The van der Waals surface area contributed by atoms with E-state index in [9.17, 15) is 9.59 Å². The van der Waals surface area contributed by atoms with Crippen molar-refractivity contribution >= 4 is 11.8 Å². The number of amides is 2. The van der Waals surface area contributed by atoms with Gasteiger partial charge in [0, 0.05) is 38.0 Å². The summed E-state index contributed by atoms with van der Waals surface area (Å²) in [5.74, 6) is 1.27. The molecule has 1 aromatic carbocycles. The monoisotopic (exact) mass is 328 g/mol. The van der Waals surface area contributed by atoms with Gasteiger partial charge in [-0.3, -0.25) is 9.59 Å². The molecule has 2 saturated heterocycles. The van der Waals surface area contributed by atoms with Gasteiger partial charge >= 0.3 is 0 Å². The average molecular weight is 328 g/mol. The second-order valence-electron chi connectivity index (χ2n) is 7.55. The summed E-state index contributed by atoms with van der Waals surface area (Å²) in [6.07, 6.45) is 2.69. The number of hydrogen-bond acceptors (Lipinski definition) is 2. The van der Waals surface area contributed by atoms with Gasteiger partial charge in [0.1, 0.15) is 0 Å². The Morgan fingerprint density at radius 1 is 1.04 bits per heavy atom. The fourth-order valence-corrected chi connectivity index (χ4v) is 3.80. The van der Waals surface area contributed by atoms with Crippen LogP contribution in [0.5, 0.6) is 0 Å². The normalized spacial score (nSPS) is 19.5. The maximum atomic E-state index is 12.6. The molecule has 2 aliphatic rings. The smallest absolute Gasteiger partial charge is 0.225 e. The second kappa shape index (κ2) is 7.37. The first-order valence-corrected chi connectivity index (χ1v) is 9.16. The van der Waals surface area contributed by atoms with Gasteiger partial charge in [0.25, 0.3) is 0 Å². The summed E-state index contributed by atoms with van der Waals surface area (Å²) in [5, 5.41) is 0. The molecule has 130 valence electrons. The Bertz CT molecular complexity index is 571. The molecule has 0 atom stereocenters. The van der Waals surface area contributed by atoms with Crippen LogP contribution in [-0.2, 0) is 16.0 Å². The summed E-state index contributed by atoms with van der Waals surface area (Å²) in [5.41, 5.74) is 1.36. The standard InChI is InChI=1S/C20H28N2O2/c1-15(2)19(23)21-10-8-18(9-11-21)20(24)22-13-17(14-22)12-16-6-4-3-5-7-16/h3-7,15,17-18H,8-14H2,1-2H3. The lowest BCUT2D eigenvalue weighted by Gasteiger charge is -2.43. The highest BCUT2D eigenvalue weighted by atomic mass is 16.2. The van der Waals surface area contributed by atoms with E-state index in [2.05, 4.69) is 24.3 Å². The van der Waals surface area contributed by atoms with E-state index >= 15 is 0 Å². The molecule has 4 heteroatoms. The molecule has 2 aliphatic heterocycles. The Morgan fingerprint density at radius 2 is 1.67 bits per heavy atom. The van der Waals surface area contributed by atoms with Gasteiger partial charge in [0.15, 0.2) is 0 Å². The van der Waals surface area contributed by atoms with Crippen LogP contribution >= 0.6 is 0 Å². The zero-order valence-electron chi connectivity index (χ0n) is 14.8. The van der Waals surface area contributed by atoms with Crippen molar-refractivity contribution in [1.82, 2.24) is 9.80 Å². The van der Waals surface area contributed by atoms with E-state index in [-0.39, 0.29) is 17.7 Å². The van der Waals surface area contributed by atoms with Crippen molar-refractivity contribution in [1.29, 1.82) is 0 Å². The van der Waals surface area contributed by atoms with Crippen molar-refractivity contribution in [2.75, 3.05) is 26.2 Å². The van der Waals surface area contributed by atoms with Crippen molar-refractivity contribution in [2.24, 2.45) is 17.8 Å². The highest BCUT2D eigenvalue weighted by molar-refractivity contribution is 5.81. The van der Waals surface area contributed by atoms with E-state index in [4.69, 9.17) is 0 Å². The average Bonchev–Trinajstić information content (AvgIpc) is 2.57. The van der Waals surface area contributed by atoms with Gasteiger partial charge in [-0.15, -0.1) is 0 Å². The molecular weight excluding hydrogens is 300 g/mol. The van der Waals surface area contributed by atoms with E-state index in [0.717, 1.165) is 45.4 Å². The molecule has 0 bridgehead atoms. The van der Waals surface area contributed by atoms with Crippen LogP contribution in [0, 0.1) is 17.8 Å². The van der Waals surface area contributed by atoms with Crippen molar-refractivity contribution in [2.45, 2.75) is 33.1 Å². The van der Waals surface area contributed by atoms with Crippen LogP contribution in [-0.4, -0.2) is 47.8 Å². The van der Waals surface area contributed by atoms with E-state index < -0.39 is 0 Å². The lowest BCUT2D eigenvalue weighted by molar-refractivity contribution is -0.146. The zero-order chi connectivity index (χ0) is 17.1. The lowest BCUT2D eigenvalue weighted by atomic mass is 9.88. The molecule has 1 aromatic rings. The third kappa shape index (κ3) is 3.80. The van der Waals surface area contributed by atoms with Crippen LogP contribution in [0.2, 0.25) is 0 Å². The highest BCUT2D eigenvalue weighted by Crippen LogP contribution is 2.26. The molecule has 0 radical (unpaired) electrons. The molecule has 2 amide bonds. The molecular formula is C20H28N2O2. The number of carbonyl (C=O) groups excluding carboxylic acids is 2. The molecule has 4 nitrogen and oxygen atoms in total. The number of rotatable bonds is 4. The van der Waals surface area contributed by atoms with Crippen LogP contribution in [0.1, 0.15) is 32.3 Å². The number of nitrogens with zero attached hydrogens (tertiary/aromatic N) is 2. The fraction of sp³-hybridized carbons (Fsp3) is 0.600. The van der Waals surface area contributed by atoms with Gasteiger partial charge in [-0.05, 0) is 30.7 Å². The van der Waals surface area contributed by atoms with Gasteiger partial charge in [-0.2, -0.15) is 0 Å². The molecule has 24 heavy (non-hydrogen) atoms. The van der Waals surface area contributed by atoms with Gasteiger partial charge in [-0.25, -0.2) is 0 Å². The summed E-state index contributed by atoms with van der Waals surface area (Å²) in [6, 6.07) is 10.5. The van der Waals surface area contributed by atoms with Crippen LogP contribution in [0.15, 0.2) is 30.3 Å². The van der Waals surface area contributed by atoms with Crippen LogP contribution in [0.4, 0.5) is 0 Å². The van der Waals surface area contributed by atoms with E-state index in [0.29, 0.717) is 11.8 Å². The summed E-state index contributed by atoms with van der Waals surface area (Å²) in [7, 11) is 0. The molecule has 3 rings (SSSR count). The molecule has 0 aromatic heterocycles. The second-order valence-corrected chi connectivity index (χ2v) is 7.55. The Labute approximate surface area is 144 Å². The van der Waals surface area contributed by atoms with Crippen molar-refractivity contribution in [3.63, 3.8) is 0 Å². The molecule has 0 N–H and O–H groups in total. The van der Waals surface area contributed by atoms with Crippen molar-refractivity contribution < 1.29 is 9.59 Å². The number of piperidine rings is 1. The van der Waals surface area contributed by atoms with E-state index in [1.807, 2.05) is 29.7 Å². The fourth-order valence-electron chi connectivity index (χ4n) is 3.80. The SMILES string of the molecule is CC(C)C(=O)N1CCC(C(=O)N2CC(Cc3ccccc3)C2)CC1. The number of benzene rings is 1. The largest absolute Gasteiger partial charge is 0.342 e. The van der Waals surface area contributed by atoms with Crippen LogP contribution in [0.25, 0.3) is 0 Å². The minimum Gasteiger partial charge on any atom is -0.342 e. The summed E-state index contributed by atoms with van der Waals surface area (Å²) >= 11 is 0. The van der Waals surface area contributed by atoms with Gasteiger partial charge in [0.05, 0.1) is 0 Å². The Balaban J connectivity index is 1.42. The molecule has 0 aliphatic carbocycles. The molecule has 2 fully saturated rings. The van der Waals surface area contributed by atoms with Crippen molar-refractivity contribution in [3.05, 3.63) is 35.9 Å². The third-order valence-corrected chi connectivity index (χ3v) is 5.29. The Hall–Kier alpha value is -1.84. The summed E-state index contributed by atoms with van der Waals surface area (Å²) in [4.78, 5) is 28.6. The quantitative estimate of drug-likeness (QED) is 0.852. The zero-order valence-corrected chi connectivity index (χ0v) is 14.8. The third-order valence-electron chi connectivity index (χ3n) is 5.29. The number of likely N-dealkylation sites (tertiary alicyclic amines) is 2. The first-order chi connectivity index (χ1) is 11.5. The van der Waals surface area contributed by atoms with Gasteiger partial charge in [-0.1, -0.05) is 44.2 Å². The van der Waals surface area contributed by atoms with E-state index in [1.54, 1.807) is 0 Å². The predicted molar refractivity (Wildman–Crippen MR) is 94.4 cm³/mol. The predicted octanol–water partition coefficient (Wildman–Crippen LogP) is 2.58. The highest BCUT2D eigenvalue weighted by Gasteiger charge is 2.36.